The Kier molecular flexibility index (Phi) is 5.35. The van der Waals surface area contributed by atoms with Crippen LogP contribution in [0.25, 0.3) is 0 Å². The first kappa shape index (κ1) is 16.0. The lowest BCUT2D eigenvalue weighted by atomic mass is 10.2. The summed E-state index contributed by atoms with van der Waals surface area (Å²) in [6, 6.07) is 0. The van der Waals surface area contributed by atoms with Crippen molar-refractivity contribution in [2.75, 3.05) is 7.11 Å². The van der Waals surface area contributed by atoms with Crippen molar-refractivity contribution in [3.63, 3.8) is 0 Å². The van der Waals surface area contributed by atoms with Gasteiger partial charge in [0.05, 0.1) is 22.8 Å². The van der Waals surface area contributed by atoms with E-state index in [1.807, 2.05) is 0 Å². The first-order valence-electron chi connectivity index (χ1n) is 4.97. The molecule has 0 spiro atoms. The number of pyridine rings is 1. The van der Waals surface area contributed by atoms with Crippen LogP contribution in [0.3, 0.4) is 0 Å². The molecular formula is C10H10F3IN2O3. The van der Waals surface area contributed by atoms with E-state index in [9.17, 15) is 18.0 Å². The highest BCUT2D eigenvalue weighted by atomic mass is 127. The normalized spacial score (nSPS) is 11.3. The Bertz CT molecular complexity index is 480. The molecule has 0 amide bonds. The van der Waals surface area contributed by atoms with Crippen LogP contribution in [0, 0.1) is 3.57 Å². The number of halogens is 4. The van der Waals surface area contributed by atoms with E-state index in [1.54, 1.807) is 22.6 Å². The van der Waals surface area contributed by atoms with Crippen molar-refractivity contribution in [1.29, 1.82) is 0 Å². The Labute approximate surface area is 120 Å². The van der Waals surface area contributed by atoms with Gasteiger partial charge in [0.15, 0.2) is 5.75 Å². The molecule has 0 aliphatic rings. The molecule has 0 saturated carbocycles. The highest BCUT2D eigenvalue weighted by Gasteiger charge is 2.34. The van der Waals surface area contributed by atoms with Crippen LogP contribution in [0.15, 0.2) is 6.20 Å². The number of carbonyl (C=O) groups is 1. The lowest BCUT2D eigenvalue weighted by molar-refractivity contribution is -0.275. The fourth-order valence-corrected chi connectivity index (χ4v) is 2.02. The molecule has 0 unspecified atom stereocenters. The van der Waals surface area contributed by atoms with Gasteiger partial charge in [-0.05, 0) is 22.6 Å². The first-order chi connectivity index (χ1) is 8.78. The maximum Gasteiger partial charge on any atom is 0.573 e. The van der Waals surface area contributed by atoms with Gasteiger partial charge in [0.25, 0.3) is 0 Å². The second kappa shape index (κ2) is 6.37. The molecule has 0 saturated heterocycles. The first-order valence-corrected chi connectivity index (χ1v) is 6.05. The van der Waals surface area contributed by atoms with Gasteiger partial charge in [-0.1, -0.05) is 0 Å². The minimum atomic E-state index is -4.88. The Morgan fingerprint density at radius 3 is 2.63 bits per heavy atom. The maximum absolute atomic E-state index is 12.4. The van der Waals surface area contributed by atoms with Crippen LogP contribution in [-0.4, -0.2) is 24.4 Å². The predicted octanol–water partition coefficient (Wildman–Crippen LogP) is 1.76. The van der Waals surface area contributed by atoms with Gasteiger partial charge in [-0.15, -0.1) is 13.2 Å². The lowest BCUT2D eigenvalue weighted by Crippen LogP contribution is -2.21. The van der Waals surface area contributed by atoms with E-state index >= 15 is 0 Å². The third-order valence-corrected chi connectivity index (χ3v) is 3.28. The molecule has 0 aliphatic carbocycles. The van der Waals surface area contributed by atoms with Crippen LogP contribution < -0.4 is 10.5 Å². The van der Waals surface area contributed by atoms with Crippen LogP contribution in [0.1, 0.15) is 11.3 Å². The summed E-state index contributed by atoms with van der Waals surface area (Å²) in [6.45, 7) is 0.0119. The van der Waals surface area contributed by atoms with Gasteiger partial charge >= 0.3 is 12.3 Å². The molecule has 1 aromatic rings. The van der Waals surface area contributed by atoms with Gasteiger partial charge in [-0.3, -0.25) is 9.78 Å². The van der Waals surface area contributed by atoms with Gasteiger partial charge in [0, 0.05) is 18.3 Å². The zero-order valence-electron chi connectivity index (χ0n) is 9.75. The quantitative estimate of drug-likeness (QED) is 0.627. The van der Waals surface area contributed by atoms with Crippen molar-refractivity contribution in [2.45, 2.75) is 19.3 Å². The summed E-state index contributed by atoms with van der Waals surface area (Å²) in [5, 5.41) is 0. The molecule has 5 nitrogen and oxygen atoms in total. The molecule has 19 heavy (non-hydrogen) atoms. The summed E-state index contributed by atoms with van der Waals surface area (Å²) in [6.07, 6.45) is -3.98. The van der Waals surface area contributed by atoms with Crippen LogP contribution in [0.4, 0.5) is 13.2 Å². The molecule has 1 aromatic heterocycles. The Morgan fingerprint density at radius 2 is 2.16 bits per heavy atom. The summed E-state index contributed by atoms with van der Waals surface area (Å²) < 4.78 is 45.6. The SMILES string of the molecule is COC(=O)Cc1ncc(CN)c(I)c1OC(F)(F)F. The number of esters is 1. The van der Waals surface area contributed by atoms with Crippen molar-refractivity contribution < 1.29 is 27.4 Å². The van der Waals surface area contributed by atoms with Gasteiger partial charge in [0.1, 0.15) is 0 Å². The van der Waals surface area contributed by atoms with Crippen molar-refractivity contribution in [3.05, 3.63) is 21.0 Å². The number of nitrogens with zero attached hydrogens (tertiary/aromatic N) is 1. The number of methoxy groups -OCH3 is 1. The second-order valence-electron chi connectivity index (χ2n) is 3.38. The van der Waals surface area contributed by atoms with Crippen LogP contribution in [-0.2, 0) is 22.5 Å². The average Bonchev–Trinajstić information content (AvgIpc) is 2.32. The number of rotatable bonds is 4. The number of ether oxygens (including phenoxy) is 2. The van der Waals surface area contributed by atoms with Gasteiger partial charge in [-0.2, -0.15) is 0 Å². The summed E-state index contributed by atoms with van der Waals surface area (Å²) in [4.78, 5) is 14.9. The van der Waals surface area contributed by atoms with Gasteiger partial charge in [0.2, 0.25) is 0 Å². The molecule has 106 valence electrons. The van der Waals surface area contributed by atoms with E-state index in [0.717, 1.165) is 7.11 Å². The van der Waals surface area contributed by atoms with E-state index in [1.165, 1.54) is 6.20 Å². The molecule has 0 bridgehead atoms. The maximum atomic E-state index is 12.4. The molecule has 1 rings (SSSR count). The fourth-order valence-electron chi connectivity index (χ4n) is 1.24. The van der Waals surface area contributed by atoms with Gasteiger partial charge in [-0.25, -0.2) is 0 Å². The summed E-state index contributed by atoms with van der Waals surface area (Å²) in [7, 11) is 1.13. The number of carbonyl (C=O) groups excluding carboxylic acids is 1. The van der Waals surface area contributed by atoms with Crippen LogP contribution in [0.2, 0.25) is 0 Å². The predicted molar refractivity (Wildman–Crippen MR) is 67.2 cm³/mol. The fraction of sp³-hybridized carbons (Fsp3) is 0.400. The Morgan fingerprint density at radius 1 is 1.53 bits per heavy atom. The summed E-state index contributed by atoms with van der Waals surface area (Å²) >= 11 is 1.67. The zero-order chi connectivity index (χ0) is 14.6. The van der Waals surface area contributed by atoms with Crippen molar-refractivity contribution >= 4 is 28.6 Å². The van der Waals surface area contributed by atoms with Crippen molar-refractivity contribution in [3.8, 4) is 5.75 Å². The third-order valence-electron chi connectivity index (χ3n) is 2.10. The molecule has 0 aromatic carbocycles. The number of nitrogens with two attached hydrogens (primary N) is 1. The van der Waals surface area contributed by atoms with Crippen LogP contribution >= 0.6 is 22.6 Å². The highest BCUT2D eigenvalue weighted by molar-refractivity contribution is 14.1. The molecule has 0 fully saturated rings. The van der Waals surface area contributed by atoms with E-state index in [-0.39, 0.29) is 15.8 Å². The Hall–Kier alpha value is -1.10. The Balaban J connectivity index is 3.22. The van der Waals surface area contributed by atoms with E-state index in [0.29, 0.717) is 5.56 Å². The van der Waals surface area contributed by atoms with E-state index in [4.69, 9.17) is 5.73 Å². The second-order valence-corrected chi connectivity index (χ2v) is 4.46. The average molecular weight is 390 g/mol. The molecule has 9 heteroatoms. The van der Waals surface area contributed by atoms with E-state index in [2.05, 4.69) is 14.5 Å². The topological polar surface area (TPSA) is 74.4 Å². The highest BCUT2D eigenvalue weighted by Crippen LogP contribution is 2.32. The number of hydrogen-bond acceptors (Lipinski definition) is 5. The minimum absolute atomic E-state index is 0.0119. The molecular weight excluding hydrogens is 380 g/mol. The zero-order valence-corrected chi connectivity index (χ0v) is 11.9. The van der Waals surface area contributed by atoms with E-state index < -0.39 is 24.5 Å². The van der Waals surface area contributed by atoms with Crippen molar-refractivity contribution in [2.24, 2.45) is 5.73 Å². The third kappa shape index (κ3) is 4.49. The molecule has 1 heterocycles. The molecule has 2 N–H and O–H groups in total. The molecule has 0 atom stereocenters. The van der Waals surface area contributed by atoms with Gasteiger partial charge < -0.3 is 15.2 Å². The number of aromatic nitrogens is 1. The van der Waals surface area contributed by atoms with Crippen LogP contribution in [0.5, 0.6) is 5.75 Å². The largest absolute Gasteiger partial charge is 0.573 e. The summed E-state index contributed by atoms with van der Waals surface area (Å²) in [5.74, 6) is -1.22. The molecule has 0 aliphatic heterocycles. The summed E-state index contributed by atoms with van der Waals surface area (Å²) in [5.41, 5.74) is 5.64. The number of hydrogen-bond donors (Lipinski definition) is 1. The lowest BCUT2D eigenvalue weighted by Gasteiger charge is -2.15. The van der Waals surface area contributed by atoms with Crippen molar-refractivity contribution in [1.82, 2.24) is 4.98 Å². The molecule has 0 radical (unpaired) electrons. The monoisotopic (exact) mass is 390 g/mol. The minimum Gasteiger partial charge on any atom is -0.469 e. The standard InChI is InChI=1S/C10H10F3IN2O3/c1-18-7(17)2-6-9(19-10(11,12)13)8(14)5(3-15)4-16-6/h4H,2-3,15H2,1H3. The number of alkyl halides is 3. The smallest absolute Gasteiger partial charge is 0.469 e.